The number of aromatic nitrogens is 3. The maximum absolute atomic E-state index is 15.1. The molecule has 0 fully saturated rings. The van der Waals surface area contributed by atoms with Gasteiger partial charge in [0.15, 0.2) is 6.10 Å². The van der Waals surface area contributed by atoms with E-state index in [1.54, 1.807) is 6.92 Å². The van der Waals surface area contributed by atoms with Crippen LogP contribution in [0.15, 0.2) is 42.6 Å². The number of aryl methyl sites for hydroxylation is 1. The molecule has 0 aliphatic rings. The van der Waals surface area contributed by atoms with E-state index in [4.69, 9.17) is 5.73 Å². The van der Waals surface area contributed by atoms with E-state index in [2.05, 4.69) is 24.5 Å². The minimum atomic E-state index is -3.35. The highest BCUT2D eigenvalue weighted by molar-refractivity contribution is 7.27. The molecule has 182 valence electrons. The minimum Gasteiger partial charge on any atom is -0.382 e. The average Bonchev–Trinajstić information content (AvgIpc) is 3.12. The molecule has 2 aromatic carbocycles. The zero-order valence-electron chi connectivity index (χ0n) is 18.1. The van der Waals surface area contributed by atoms with Gasteiger partial charge in [0.1, 0.15) is 28.7 Å². The van der Waals surface area contributed by atoms with Crippen LogP contribution >= 0.6 is 9.24 Å². The third-order valence-electron chi connectivity index (χ3n) is 5.06. The van der Waals surface area contributed by atoms with E-state index in [9.17, 15) is 29.6 Å². The van der Waals surface area contributed by atoms with Crippen molar-refractivity contribution in [2.45, 2.75) is 19.0 Å². The highest BCUT2D eigenvalue weighted by Gasteiger charge is 2.32. The smallest absolute Gasteiger partial charge is 0.339 e. The summed E-state index contributed by atoms with van der Waals surface area (Å²) in [4.78, 5) is 20.5. The lowest BCUT2D eigenvalue weighted by Gasteiger charge is -2.13. The van der Waals surface area contributed by atoms with Gasteiger partial charge in [0.2, 0.25) is 5.82 Å². The van der Waals surface area contributed by atoms with Crippen molar-refractivity contribution in [2.75, 3.05) is 11.1 Å². The van der Waals surface area contributed by atoms with Crippen LogP contribution in [-0.4, -0.2) is 40.7 Å². The number of aliphatic hydroxyl groups is 4. The zero-order valence-corrected chi connectivity index (χ0v) is 19.2. The van der Waals surface area contributed by atoms with Crippen molar-refractivity contribution in [1.29, 1.82) is 0 Å². The summed E-state index contributed by atoms with van der Waals surface area (Å²) in [5.41, 5.74) is 6.04. The number of nitrogen functional groups attached to an aromatic ring is 1. The molecule has 0 aliphatic carbocycles. The van der Waals surface area contributed by atoms with E-state index in [1.165, 1.54) is 30.5 Å². The first-order valence-corrected chi connectivity index (χ1v) is 10.6. The standard InChI is InChI=1S/C22H20F2N5O5P/c1-9-8-29-17(19(25)26-9)16(28-21(29)22(32,33)34)14-3-2-12(7-15(14)24)27-20(31)18(30)10-4-11(23)6-13(35)5-10/h2-8,18,30,32-34H,35H2,1H3,(H2,25,26)(H,27,31). The first-order valence-electron chi connectivity index (χ1n) is 10.0. The van der Waals surface area contributed by atoms with Crippen molar-refractivity contribution in [3.63, 3.8) is 0 Å². The fourth-order valence-electron chi connectivity index (χ4n) is 3.63. The molecule has 2 aromatic heterocycles. The molecular formula is C22H20F2N5O5P. The largest absolute Gasteiger partial charge is 0.382 e. The quantitative estimate of drug-likeness (QED) is 0.172. The highest BCUT2D eigenvalue weighted by atomic mass is 31.0. The normalized spacial score (nSPS) is 12.7. The summed E-state index contributed by atoms with van der Waals surface area (Å²) in [6.07, 6.45) is -0.386. The minimum absolute atomic E-state index is 0.0116. The third kappa shape index (κ3) is 4.83. The van der Waals surface area contributed by atoms with Gasteiger partial charge >= 0.3 is 5.97 Å². The molecule has 0 saturated carbocycles. The van der Waals surface area contributed by atoms with Crippen molar-refractivity contribution in [3.05, 3.63) is 71.3 Å². The average molecular weight is 503 g/mol. The number of amides is 1. The number of nitrogens with two attached hydrogens (primary N) is 1. The van der Waals surface area contributed by atoms with Gasteiger partial charge in [0, 0.05) is 17.4 Å². The number of carbonyl (C=O) groups is 1. The summed E-state index contributed by atoms with van der Waals surface area (Å²) in [7, 11) is 2.26. The Balaban J connectivity index is 1.69. The molecule has 0 aliphatic heterocycles. The van der Waals surface area contributed by atoms with Gasteiger partial charge in [-0.25, -0.2) is 18.7 Å². The lowest BCUT2D eigenvalue weighted by atomic mass is 10.1. The van der Waals surface area contributed by atoms with Crippen LogP contribution in [0, 0.1) is 18.6 Å². The van der Waals surface area contributed by atoms with Gasteiger partial charge in [-0.05, 0) is 54.2 Å². The number of nitrogens with zero attached hydrogens (tertiary/aromatic N) is 3. The van der Waals surface area contributed by atoms with E-state index >= 15 is 4.39 Å². The Morgan fingerprint density at radius 2 is 1.89 bits per heavy atom. The van der Waals surface area contributed by atoms with E-state index in [-0.39, 0.29) is 33.8 Å². The maximum atomic E-state index is 15.1. The summed E-state index contributed by atoms with van der Waals surface area (Å²) in [5, 5.41) is 42.1. The van der Waals surface area contributed by atoms with Gasteiger partial charge in [-0.1, -0.05) is 0 Å². The molecule has 1 amide bonds. The van der Waals surface area contributed by atoms with E-state index in [0.717, 1.165) is 16.5 Å². The lowest BCUT2D eigenvalue weighted by molar-refractivity contribution is -0.329. The van der Waals surface area contributed by atoms with Crippen molar-refractivity contribution >= 4 is 37.5 Å². The number of rotatable bonds is 5. The molecule has 0 radical (unpaired) electrons. The fraction of sp³-hybridized carbons (Fsp3) is 0.136. The molecule has 2 unspecified atom stereocenters. The summed E-state index contributed by atoms with van der Waals surface area (Å²) < 4.78 is 29.8. The van der Waals surface area contributed by atoms with Gasteiger partial charge in [-0.3, -0.25) is 9.20 Å². The van der Waals surface area contributed by atoms with Crippen LogP contribution in [0.3, 0.4) is 0 Å². The molecule has 2 atom stereocenters. The van der Waals surface area contributed by atoms with Crippen molar-refractivity contribution < 1.29 is 34.0 Å². The number of benzene rings is 2. The number of aliphatic hydroxyl groups excluding tert-OH is 1. The Labute approximate surface area is 198 Å². The third-order valence-corrected chi connectivity index (χ3v) is 5.40. The Hall–Kier alpha value is -3.54. The molecule has 10 nitrogen and oxygen atoms in total. The van der Waals surface area contributed by atoms with Crippen molar-refractivity contribution in [2.24, 2.45) is 0 Å². The van der Waals surface area contributed by atoms with Gasteiger partial charge in [0.05, 0.1) is 5.69 Å². The molecule has 4 aromatic rings. The van der Waals surface area contributed by atoms with Crippen LogP contribution in [-0.2, 0) is 10.8 Å². The molecule has 4 rings (SSSR count). The maximum Gasteiger partial charge on any atom is 0.339 e. The first kappa shape index (κ1) is 24.6. The predicted molar refractivity (Wildman–Crippen MR) is 125 cm³/mol. The van der Waals surface area contributed by atoms with Gasteiger partial charge in [-0.2, -0.15) is 0 Å². The number of anilines is 2. The molecular weight excluding hydrogens is 483 g/mol. The van der Waals surface area contributed by atoms with E-state index < -0.39 is 35.4 Å². The van der Waals surface area contributed by atoms with Gasteiger partial charge < -0.3 is 31.5 Å². The second kappa shape index (κ2) is 8.91. The molecule has 13 heteroatoms. The number of hydrogen-bond acceptors (Lipinski definition) is 8. The summed E-state index contributed by atoms with van der Waals surface area (Å²) >= 11 is 0. The fourth-order valence-corrected chi connectivity index (χ4v) is 3.98. The van der Waals surface area contributed by atoms with Crippen LogP contribution in [0.5, 0.6) is 0 Å². The number of hydrogen-bond donors (Lipinski definition) is 6. The number of imidazole rings is 1. The number of carbonyl (C=O) groups excluding carboxylic acids is 1. The molecule has 0 bridgehead atoms. The van der Waals surface area contributed by atoms with Crippen LogP contribution in [0.4, 0.5) is 20.3 Å². The second-order valence-electron chi connectivity index (χ2n) is 7.81. The number of nitrogens with one attached hydrogen (secondary N) is 1. The Morgan fingerprint density at radius 1 is 1.17 bits per heavy atom. The Morgan fingerprint density at radius 3 is 2.51 bits per heavy atom. The van der Waals surface area contributed by atoms with E-state index in [1.807, 2.05) is 0 Å². The van der Waals surface area contributed by atoms with Gasteiger partial charge in [0.25, 0.3) is 5.91 Å². The first-order chi connectivity index (χ1) is 16.3. The van der Waals surface area contributed by atoms with Crippen molar-refractivity contribution in [1.82, 2.24) is 14.4 Å². The van der Waals surface area contributed by atoms with Crippen LogP contribution in [0.1, 0.15) is 23.2 Å². The molecule has 0 spiro atoms. The van der Waals surface area contributed by atoms with Crippen LogP contribution in [0.2, 0.25) is 0 Å². The molecule has 35 heavy (non-hydrogen) atoms. The molecule has 7 N–H and O–H groups in total. The predicted octanol–water partition coefficient (Wildman–Crippen LogP) is 0.825. The van der Waals surface area contributed by atoms with Crippen LogP contribution in [0.25, 0.3) is 16.8 Å². The summed E-state index contributed by atoms with van der Waals surface area (Å²) in [6.45, 7) is 1.57. The lowest BCUT2D eigenvalue weighted by Crippen LogP contribution is -2.27. The Kier molecular flexibility index (Phi) is 6.26. The van der Waals surface area contributed by atoms with E-state index in [0.29, 0.717) is 11.0 Å². The van der Waals surface area contributed by atoms with Crippen molar-refractivity contribution in [3.8, 4) is 11.3 Å². The summed E-state index contributed by atoms with van der Waals surface area (Å²) in [6, 6.07) is 7.11. The number of fused-ring (bicyclic) bond motifs is 1. The highest BCUT2D eigenvalue weighted by Crippen LogP contribution is 2.33. The summed E-state index contributed by atoms with van der Waals surface area (Å²) in [5.74, 6) is -6.54. The van der Waals surface area contributed by atoms with Crippen LogP contribution < -0.4 is 16.4 Å². The number of halogens is 2. The monoisotopic (exact) mass is 503 g/mol. The zero-order chi connectivity index (χ0) is 25.7. The second-order valence-corrected chi connectivity index (χ2v) is 8.48. The topological polar surface area (TPSA) is 166 Å². The molecule has 2 heterocycles. The van der Waals surface area contributed by atoms with Gasteiger partial charge in [-0.15, -0.1) is 9.24 Å². The SMILES string of the molecule is Cc1cn2c(C(O)(O)O)nc(-c3ccc(NC(=O)C(O)c4cc(F)cc(P)c4)cc3F)c2c(N)n1. The molecule has 0 saturated heterocycles. The Bertz CT molecular complexity index is 1450.